The molecule has 1 nitrogen and oxygen atoms in total. The maximum Gasteiger partial charge on any atom is 0.193 e. The van der Waals surface area contributed by atoms with Crippen LogP contribution in [0.3, 0.4) is 0 Å². The molecule has 1 heteroatoms. The Morgan fingerprint density at radius 3 is 1.69 bits per heavy atom. The fourth-order valence-electron chi connectivity index (χ4n) is 4.18. The molecule has 0 amide bonds. The number of fused-ring (bicyclic) bond motifs is 3. The lowest BCUT2D eigenvalue weighted by Gasteiger charge is -2.11. The summed E-state index contributed by atoms with van der Waals surface area (Å²) in [4.78, 5) is 13.1. The lowest BCUT2D eigenvalue weighted by molar-refractivity contribution is 0.103. The number of hydrogen-bond acceptors (Lipinski definition) is 1. The van der Waals surface area contributed by atoms with Crippen molar-refractivity contribution in [3.63, 3.8) is 0 Å². The van der Waals surface area contributed by atoms with Gasteiger partial charge in [0.2, 0.25) is 0 Å². The van der Waals surface area contributed by atoms with E-state index < -0.39 is 0 Å². The Bertz CT molecular complexity index is 1180. The zero-order valence-electron chi connectivity index (χ0n) is 24.1. The highest BCUT2D eigenvalue weighted by atomic mass is 16.1. The third-order valence-corrected chi connectivity index (χ3v) is 6.30. The second kappa shape index (κ2) is 15.0. The minimum absolute atomic E-state index is 0.0912. The summed E-state index contributed by atoms with van der Waals surface area (Å²) in [6.07, 6.45) is 2.16. The third kappa shape index (κ3) is 7.17. The van der Waals surface area contributed by atoms with Crippen molar-refractivity contribution in [2.45, 2.75) is 81.1 Å². The molecular formula is C35H46O. The van der Waals surface area contributed by atoms with Gasteiger partial charge in [-0.25, -0.2) is 0 Å². The van der Waals surface area contributed by atoms with Crippen LogP contribution < -0.4 is 0 Å². The fourth-order valence-corrected chi connectivity index (χ4v) is 4.18. The highest BCUT2D eigenvalue weighted by molar-refractivity contribution is 6.10. The minimum Gasteiger partial charge on any atom is -0.289 e. The summed E-state index contributed by atoms with van der Waals surface area (Å²) in [7, 11) is 0. The van der Waals surface area contributed by atoms with Crippen LogP contribution in [-0.2, 0) is 0 Å². The lowest BCUT2D eigenvalue weighted by atomic mass is 9.92. The van der Waals surface area contributed by atoms with Crippen LogP contribution in [0, 0.1) is 6.92 Å². The molecule has 0 radical (unpaired) electrons. The van der Waals surface area contributed by atoms with Crippen molar-refractivity contribution in [2.75, 3.05) is 0 Å². The van der Waals surface area contributed by atoms with Gasteiger partial charge in [-0.05, 0) is 79.1 Å². The van der Waals surface area contributed by atoms with E-state index in [1.165, 1.54) is 27.8 Å². The monoisotopic (exact) mass is 482 g/mol. The summed E-state index contributed by atoms with van der Waals surface area (Å²) in [6, 6.07) is 20.6. The number of ketones is 1. The van der Waals surface area contributed by atoms with Crippen molar-refractivity contribution in [3.8, 4) is 11.1 Å². The molecular weight excluding hydrogens is 436 g/mol. The summed E-state index contributed by atoms with van der Waals surface area (Å²) in [5, 5.41) is 0. The molecule has 0 saturated heterocycles. The van der Waals surface area contributed by atoms with E-state index in [9.17, 15) is 4.79 Å². The Kier molecular flexibility index (Phi) is 12.9. The number of aryl methyl sites for hydroxylation is 1. The Morgan fingerprint density at radius 2 is 1.25 bits per heavy atom. The number of hydrogen-bond donors (Lipinski definition) is 0. The molecule has 0 saturated carbocycles. The molecule has 0 spiro atoms. The van der Waals surface area contributed by atoms with Gasteiger partial charge in [-0.1, -0.05) is 108 Å². The van der Waals surface area contributed by atoms with Crippen molar-refractivity contribution in [3.05, 3.63) is 113 Å². The first-order valence-electron chi connectivity index (χ1n) is 13.5. The van der Waals surface area contributed by atoms with Gasteiger partial charge in [-0.15, -0.1) is 6.58 Å². The van der Waals surface area contributed by atoms with E-state index >= 15 is 0 Å². The summed E-state index contributed by atoms with van der Waals surface area (Å²) >= 11 is 0. The van der Waals surface area contributed by atoms with E-state index in [1.807, 2.05) is 78.8 Å². The fraction of sp³-hybridized carbons (Fsp3) is 0.343. The zero-order valence-corrected chi connectivity index (χ0v) is 24.1. The van der Waals surface area contributed by atoms with Crippen LogP contribution in [0.1, 0.15) is 112 Å². The van der Waals surface area contributed by atoms with E-state index in [4.69, 9.17) is 0 Å². The molecule has 192 valence electrons. The van der Waals surface area contributed by atoms with Gasteiger partial charge in [-0.3, -0.25) is 4.79 Å². The molecule has 3 aromatic carbocycles. The van der Waals surface area contributed by atoms with Crippen molar-refractivity contribution >= 4 is 11.4 Å². The Hall–Kier alpha value is -3.19. The Balaban J connectivity index is 0.000000634. The molecule has 1 unspecified atom stereocenters. The van der Waals surface area contributed by atoms with Crippen LogP contribution in [0.15, 0.2) is 79.4 Å². The summed E-state index contributed by atoms with van der Waals surface area (Å²) < 4.78 is 0. The van der Waals surface area contributed by atoms with Crippen molar-refractivity contribution in [1.82, 2.24) is 0 Å². The van der Waals surface area contributed by atoms with Crippen LogP contribution in [-0.4, -0.2) is 5.78 Å². The second-order valence-corrected chi connectivity index (χ2v) is 8.80. The van der Waals surface area contributed by atoms with E-state index in [-0.39, 0.29) is 5.78 Å². The molecule has 0 N–H and O–H groups in total. The van der Waals surface area contributed by atoms with Crippen LogP contribution in [0.25, 0.3) is 16.7 Å². The summed E-state index contributed by atoms with van der Waals surface area (Å²) in [5.41, 5.74) is 11.1. The standard InChI is InChI=1S/C26H24O.C5H10.2C2H6/c1-5-20-22-12-10-18(16(2)3)14-24(22)25-15-19(11-13-23(20)25)26(27)21-9-7-6-8-17(21)4;1-4-5(2)3;2*1-2/h6-15,20H,2,5H2,1,3-4H3;2,4H2,1,3H3;2*1-2H3. The van der Waals surface area contributed by atoms with E-state index in [2.05, 4.69) is 57.3 Å². The van der Waals surface area contributed by atoms with Gasteiger partial charge >= 0.3 is 0 Å². The molecule has 1 aliphatic rings. The summed E-state index contributed by atoms with van der Waals surface area (Å²) in [6.45, 7) is 26.1. The van der Waals surface area contributed by atoms with Gasteiger partial charge in [0.15, 0.2) is 5.78 Å². The molecule has 0 heterocycles. The molecule has 3 aromatic rings. The van der Waals surface area contributed by atoms with Gasteiger partial charge in [0.25, 0.3) is 0 Å². The number of rotatable bonds is 5. The zero-order chi connectivity index (χ0) is 27.4. The van der Waals surface area contributed by atoms with Crippen LogP contribution in [0.4, 0.5) is 0 Å². The van der Waals surface area contributed by atoms with E-state index in [0.717, 1.165) is 40.7 Å². The molecule has 1 atom stereocenters. The van der Waals surface area contributed by atoms with Crippen molar-refractivity contribution in [2.24, 2.45) is 0 Å². The van der Waals surface area contributed by atoms with Gasteiger partial charge in [-0.2, -0.15) is 0 Å². The smallest absolute Gasteiger partial charge is 0.193 e. The average molecular weight is 483 g/mol. The first-order chi connectivity index (χ1) is 17.3. The molecule has 36 heavy (non-hydrogen) atoms. The van der Waals surface area contributed by atoms with Gasteiger partial charge < -0.3 is 0 Å². The highest BCUT2D eigenvalue weighted by Gasteiger charge is 2.28. The Morgan fingerprint density at radius 1 is 0.778 bits per heavy atom. The largest absolute Gasteiger partial charge is 0.289 e. The first kappa shape index (κ1) is 30.8. The lowest BCUT2D eigenvalue weighted by Crippen LogP contribution is -2.04. The topological polar surface area (TPSA) is 17.1 Å². The maximum absolute atomic E-state index is 13.1. The third-order valence-electron chi connectivity index (χ3n) is 6.30. The molecule has 0 aliphatic heterocycles. The number of benzene rings is 3. The molecule has 1 aliphatic carbocycles. The molecule has 4 rings (SSSR count). The quantitative estimate of drug-likeness (QED) is 0.261. The molecule has 0 fully saturated rings. The number of carbonyl (C=O) groups is 1. The number of allylic oxidation sites excluding steroid dienone is 2. The first-order valence-corrected chi connectivity index (χ1v) is 13.5. The minimum atomic E-state index is 0.0912. The normalized spacial score (nSPS) is 12.3. The molecule has 0 bridgehead atoms. The van der Waals surface area contributed by atoms with Crippen molar-refractivity contribution in [1.29, 1.82) is 0 Å². The van der Waals surface area contributed by atoms with Crippen LogP contribution in [0.5, 0.6) is 0 Å². The van der Waals surface area contributed by atoms with Gasteiger partial charge in [0, 0.05) is 17.0 Å². The van der Waals surface area contributed by atoms with Crippen molar-refractivity contribution < 1.29 is 4.79 Å². The van der Waals surface area contributed by atoms with Gasteiger partial charge in [0.1, 0.15) is 0 Å². The van der Waals surface area contributed by atoms with E-state index in [1.54, 1.807) is 0 Å². The average Bonchev–Trinajstić information content (AvgIpc) is 3.23. The maximum atomic E-state index is 13.1. The highest BCUT2D eigenvalue weighted by Crippen LogP contribution is 2.47. The predicted octanol–water partition coefficient (Wildman–Crippen LogP) is 10.8. The van der Waals surface area contributed by atoms with E-state index in [0.29, 0.717) is 5.92 Å². The predicted molar refractivity (Wildman–Crippen MR) is 161 cm³/mol. The second-order valence-electron chi connectivity index (χ2n) is 8.80. The van der Waals surface area contributed by atoms with Crippen LogP contribution >= 0.6 is 0 Å². The Labute approximate surface area is 221 Å². The summed E-state index contributed by atoms with van der Waals surface area (Å²) in [5.74, 6) is 0.491. The SMILES string of the molecule is C=C(C)CC.C=C(C)c1ccc2c(c1)-c1cc(C(=O)c3ccccc3C)ccc1C2CC.CC.CC. The molecule has 0 aromatic heterocycles. The number of carbonyl (C=O) groups excluding carboxylic acids is 1. The van der Waals surface area contributed by atoms with Crippen LogP contribution in [0.2, 0.25) is 0 Å². The van der Waals surface area contributed by atoms with Gasteiger partial charge in [0.05, 0.1) is 0 Å².